The van der Waals surface area contributed by atoms with Gasteiger partial charge in [-0.15, -0.1) is 0 Å². The van der Waals surface area contributed by atoms with E-state index in [1.165, 1.54) is 18.3 Å². The molecule has 0 bridgehead atoms. The summed E-state index contributed by atoms with van der Waals surface area (Å²) in [7, 11) is 0. The van der Waals surface area contributed by atoms with Crippen LogP contribution < -0.4 is 5.32 Å². The first-order valence-electron chi connectivity index (χ1n) is 8.36. The molecule has 0 radical (unpaired) electrons. The largest absolute Gasteiger partial charge is 0.386 e. The van der Waals surface area contributed by atoms with Crippen molar-refractivity contribution in [2.24, 2.45) is 0 Å². The fourth-order valence-electron chi connectivity index (χ4n) is 2.76. The van der Waals surface area contributed by atoms with Gasteiger partial charge in [-0.3, -0.25) is 4.79 Å². The number of hydrogen-bond donors (Lipinski definition) is 2. The lowest BCUT2D eigenvalue weighted by molar-refractivity contribution is 0.0302. The van der Waals surface area contributed by atoms with Crippen molar-refractivity contribution >= 4 is 23.3 Å². The summed E-state index contributed by atoms with van der Waals surface area (Å²) in [5, 5.41) is 13.0. The number of ether oxygens (including phenoxy) is 1. The molecule has 1 aromatic heterocycles. The number of nitrogens with zero attached hydrogens (tertiary/aromatic N) is 2. The van der Waals surface area contributed by atoms with Gasteiger partial charge in [-0.2, -0.15) is 0 Å². The van der Waals surface area contributed by atoms with E-state index in [-0.39, 0.29) is 23.3 Å². The van der Waals surface area contributed by atoms with Crippen LogP contribution in [0.4, 0.5) is 14.6 Å². The predicted molar refractivity (Wildman–Crippen MR) is 95.8 cm³/mol. The van der Waals surface area contributed by atoms with Crippen molar-refractivity contribution in [1.82, 2.24) is 9.88 Å². The van der Waals surface area contributed by atoms with Crippen LogP contribution in [0.3, 0.4) is 0 Å². The molecule has 1 aliphatic heterocycles. The number of carbonyl (C=O) groups is 1. The molecule has 1 unspecified atom stereocenters. The molecule has 1 saturated heterocycles. The number of benzene rings is 1. The van der Waals surface area contributed by atoms with Gasteiger partial charge >= 0.3 is 0 Å². The Kier molecular flexibility index (Phi) is 6.20. The molecule has 27 heavy (non-hydrogen) atoms. The maximum atomic E-state index is 13.7. The zero-order valence-corrected chi connectivity index (χ0v) is 15.0. The Hall–Kier alpha value is -2.29. The minimum atomic E-state index is -1.43. The average Bonchev–Trinajstić information content (AvgIpc) is 2.67. The lowest BCUT2D eigenvalue weighted by Gasteiger charge is -2.26. The van der Waals surface area contributed by atoms with Gasteiger partial charge in [0.25, 0.3) is 5.91 Å². The zero-order chi connectivity index (χ0) is 19.4. The summed E-state index contributed by atoms with van der Waals surface area (Å²) in [6, 6.07) is 4.82. The number of nitrogens with one attached hydrogen (secondary N) is 1. The highest BCUT2D eigenvalue weighted by Crippen LogP contribution is 2.24. The second-order valence-corrected chi connectivity index (χ2v) is 6.40. The second kappa shape index (κ2) is 8.60. The molecule has 6 nitrogen and oxygen atoms in total. The number of aliphatic hydroxyl groups excluding tert-OH is 1. The minimum absolute atomic E-state index is 0.162. The number of hydrogen-bond acceptors (Lipinski definition) is 5. The summed E-state index contributed by atoms with van der Waals surface area (Å²) in [5.74, 6) is -1.68. The van der Waals surface area contributed by atoms with Crippen molar-refractivity contribution in [3.8, 4) is 0 Å². The van der Waals surface area contributed by atoms with E-state index < -0.39 is 23.3 Å². The van der Waals surface area contributed by atoms with E-state index in [9.17, 15) is 18.7 Å². The van der Waals surface area contributed by atoms with Crippen molar-refractivity contribution in [2.75, 3.05) is 38.2 Å². The Balaban J connectivity index is 1.66. The number of anilines is 1. The smallest absolute Gasteiger partial charge is 0.255 e. The average molecular weight is 398 g/mol. The van der Waals surface area contributed by atoms with Crippen LogP contribution in [-0.4, -0.2) is 53.7 Å². The highest BCUT2D eigenvalue weighted by Gasteiger charge is 2.21. The van der Waals surface area contributed by atoms with Crippen molar-refractivity contribution in [3.63, 3.8) is 0 Å². The summed E-state index contributed by atoms with van der Waals surface area (Å²) in [4.78, 5) is 18.1. The van der Waals surface area contributed by atoms with E-state index in [1.807, 2.05) is 0 Å². The van der Waals surface area contributed by atoms with Crippen LogP contribution in [0, 0.1) is 11.6 Å². The van der Waals surface area contributed by atoms with Crippen molar-refractivity contribution in [1.29, 1.82) is 0 Å². The molecule has 2 heterocycles. The Labute approximate surface area is 159 Å². The molecule has 1 aromatic carbocycles. The third-order valence-electron chi connectivity index (χ3n) is 4.18. The SMILES string of the molecule is O=C(c1cnc(NCC(O)c2c(F)cccc2F)c(Cl)c1)N1CCOCC1. The predicted octanol–water partition coefficient (Wildman–Crippen LogP) is 2.63. The number of carbonyl (C=O) groups excluding carboxylic acids is 1. The van der Waals surface area contributed by atoms with Crippen LogP contribution in [0.5, 0.6) is 0 Å². The number of rotatable bonds is 5. The van der Waals surface area contributed by atoms with E-state index in [2.05, 4.69) is 10.3 Å². The fraction of sp³-hybridized carbons (Fsp3) is 0.333. The second-order valence-electron chi connectivity index (χ2n) is 5.99. The molecule has 144 valence electrons. The van der Waals surface area contributed by atoms with Gasteiger partial charge in [-0.1, -0.05) is 17.7 Å². The molecule has 2 aromatic rings. The van der Waals surface area contributed by atoms with Crippen LogP contribution in [0.1, 0.15) is 22.0 Å². The number of aliphatic hydroxyl groups is 1. The first kappa shape index (κ1) is 19.5. The van der Waals surface area contributed by atoms with Crippen LogP contribution in [0.25, 0.3) is 0 Å². The van der Waals surface area contributed by atoms with Crippen LogP contribution in [-0.2, 0) is 4.74 Å². The molecule has 9 heteroatoms. The van der Waals surface area contributed by atoms with E-state index in [1.54, 1.807) is 4.90 Å². The van der Waals surface area contributed by atoms with Crippen molar-refractivity contribution < 1.29 is 23.4 Å². The first-order valence-corrected chi connectivity index (χ1v) is 8.73. The van der Waals surface area contributed by atoms with Gasteiger partial charge in [-0.25, -0.2) is 13.8 Å². The maximum absolute atomic E-state index is 13.7. The standard InChI is InChI=1S/C18H18ClF2N3O3/c19-12-8-11(18(26)24-4-6-27-7-5-24)9-22-17(12)23-10-15(25)16-13(20)2-1-3-14(16)21/h1-3,8-9,15,25H,4-7,10H2,(H,22,23). The molecule has 1 atom stereocenters. The van der Waals surface area contributed by atoms with E-state index in [0.717, 1.165) is 12.1 Å². The summed E-state index contributed by atoms with van der Waals surface area (Å²) < 4.78 is 32.6. The molecule has 1 fully saturated rings. The third-order valence-corrected chi connectivity index (χ3v) is 4.47. The Morgan fingerprint density at radius 2 is 2.00 bits per heavy atom. The number of halogens is 3. The highest BCUT2D eigenvalue weighted by molar-refractivity contribution is 6.33. The van der Waals surface area contributed by atoms with E-state index in [0.29, 0.717) is 31.9 Å². The number of pyridine rings is 1. The molecular formula is C18H18ClF2N3O3. The highest BCUT2D eigenvalue weighted by atomic mass is 35.5. The first-order chi connectivity index (χ1) is 13.0. The molecule has 1 aliphatic rings. The number of aromatic nitrogens is 1. The van der Waals surface area contributed by atoms with Gasteiger partial charge in [0.1, 0.15) is 23.6 Å². The van der Waals surface area contributed by atoms with Gasteiger partial charge < -0.3 is 20.1 Å². The molecule has 0 aliphatic carbocycles. The molecular weight excluding hydrogens is 380 g/mol. The zero-order valence-electron chi connectivity index (χ0n) is 14.3. The Morgan fingerprint density at radius 1 is 1.33 bits per heavy atom. The number of amides is 1. The Morgan fingerprint density at radius 3 is 2.63 bits per heavy atom. The molecule has 1 amide bonds. The summed E-state index contributed by atoms with van der Waals surface area (Å²) in [6.07, 6.45) is -0.0686. The number of morpholine rings is 1. The van der Waals surface area contributed by atoms with Gasteiger partial charge in [-0.05, 0) is 18.2 Å². The Bertz CT molecular complexity index is 811. The molecule has 3 rings (SSSR count). The summed E-state index contributed by atoms with van der Waals surface area (Å²) in [5.41, 5.74) is -0.103. The van der Waals surface area contributed by atoms with Crippen molar-refractivity contribution in [3.05, 3.63) is 58.2 Å². The van der Waals surface area contributed by atoms with Crippen LogP contribution in [0.2, 0.25) is 5.02 Å². The monoisotopic (exact) mass is 397 g/mol. The lowest BCUT2D eigenvalue weighted by atomic mass is 10.1. The fourth-order valence-corrected chi connectivity index (χ4v) is 2.99. The van der Waals surface area contributed by atoms with Crippen molar-refractivity contribution in [2.45, 2.75) is 6.10 Å². The van der Waals surface area contributed by atoms with Gasteiger partial charge in [0.15, 0.2) is 0 Å². The normalized spacial score (nSPS) is 15.5. The maximum Gasteiger partial charge on any atom is 0.255 e. The van der Waals surface area contributed by atoms with Gasteiger partial charge in [0.05, 0.1) is 29.4 Å². The van der Waals surface area contributed by atoms with E-state index in [4.69, 9.17) is 16.3 Å². The minimum Gasteiger partial charge on any atom is -0.386 e. The quantitative estimate of drug-likeness (QED) is 0.811. The summed E-state index contributed by atoms with van der Waals surface area (Å²) >= 11 is 6.15. The van der Waals surface area contributed by atoms with Crippen LogP contribution >= 0.6 is 11.6 Å². The van der Waals surface area contributed by atoms with Gasteiger partial charge in [0, 0.05) is 25.8 Å². The topological polar surface area (TPSA) is 74.7 Å². The van der Waals surface area contributed by atoms with E-state index >= 15 is 0 Å². The molecule has 2 N–H and O–H groups in total. The molecule has 0 saturated carbocycles. The molecule has 0 spiro atoms. The lowest BCUT2D eigenvalue weighted by Crippen LogP contribution is -2.40. The van der Waals surface area contributed by atoms with Crippen LogP contribution in [0.15, 0.2) is 30.5 Å². The van der Waals surface area contributed by atoms with Gasteiger partial charge in [0.2, 0.25) is 0 Å². The summed E-state index contributed by atoms with van der Waals surface area (Å²) in [6.45, 7) is 1.75. The third kappa shape index (κ3) is 4.52.